The number of carbonyl (C=O) groups excluding carboxylic acids is 1. The van der Waals surface area contributed by atoms with Gasteiger partial charge in [-0.1, -0.05) is 18.2 Å². The van der Waals surface area contributed by atoms with Crippen molar-refractivity contribution >= 4 is 27.3 Å². The number of nitrogens with one attached hydrogen (secondary N) is 1. The monoisotopic (exact) mass is 447 g/mol. The number of carbonyl (C=O) groups is 1. The van der Waals surface area contributed by atoms with Crippen molar-refractivity contribution in [2.24, 2.45) is 0 Å². The Hall–Kier alpha value is -2.46. The second-order valence-electron chi connectivity index (χ2n) is 7.19. The van der Waals surface area contributed by atoms with Crippen LogP contribution in [0.3, 0.4) is 0 Å². The van der Waals surface area contributed by atoms with Gasteiger partial charge in [0.1, 0.15) is 0 Å². The molecule has 0 bridgehead atoms. The molecule has 1 aliphatic rings. The van der Waals surface area contributed by atoms with Crippen LogP contribution in [-0.2, 0) is 24.3 Å². The van der Waals surface area contributed by atoms with Gasteiger partial charge in [0.2, 0.25) is 15.9 Å². The van der Waals surface area contributed by atoms with Crippen LogP contribution in [0.5, 0.6) is 0 Å². The number of anilines is 2. The van der Waals surface area contributed by atoms with Gasteiger partial charge in [0.05, 0.1) is 24.7 Å². The lowest BCUT2D eigenvalue weighted by Gasteiger charge is -2.29. The molecule has 0 aliphatic carbocycles. The van der Waals surface area contributed by atoms with Crippen LogP contribution in [0.2, 0.25) is 0 Å². The second kappa shape index (κ2) is 11.2. The van der Waals surface area contributed by atoms with E-state index >= 15 is 0 Å². The predicted octanol–water partition coefficient (Wildman–Crippen LogP) is 2.19. The largest absolute Gasteiger partial charge is 0.385 e. The fourth-order valence-corrected chi connectivity index (χ4v) is 4.80. The predicted molar refractivity (Wildman–Crippen MR) is 120 cm³/mol. The smallest absolute Gasteiger partial charge is 0.243 e. The van der Waals surface area contributed by atoms with E-state index in [1.54, 1.807) is 25.3 Å². The highest BCUT2D eigenvalue weighted by Crippen LogP contribution is 2.20. The highest BCUT2D eigenvalue weighted by atomic mass is 32.2. The Morgan fingerprint density at radius 3 is 2.42 bits per heavy atom. The molecule has 0 spiro atoms. The average molecular weight is 448 g/mol. The first kappa shape index (κ1) is 23.2. The van der Waals surface area contributed by atoms with Crippen molar-refractivity contribution < 1.29 is 22.7 Å². The zero-order valence-corrected chi connectivity index (χ0v) is 18.5. The molecule has 0 saturated carbocycles. The Labute approximate surface area is 183 Å². The van der Waals surface area contributed by atoms with Gasteiger partial charge in [0, 0.05) is 44.7 Å². The van der Waals surface area contributed by atoms with E-state index in [-0.39, 0.29) is 18.0 Å². The summed E-state index contributed by atoms with van der Waals surface area (Å²) in [5.41, 5.74) is 1.69. The number of methoxy groups -OCH3 is 1. The van der Waals surface area contributed by atoms with Gasteiger partial charge in [-0.3, -0.25) is 4.79 Å². The summed E-state index contributed by atoms with van der Waals surface area (Å²) in [6.45, 7) is 3.39. The highest BCUT2D eigenvalue weighted by Gasteiger charge is 2.26. The number of sulfonamides is 1. The van der Waals surface area contributed by atoms with Gasteiger partial charge >= 0.3 is 0 Å². The van der Waals surface area contributed by atoms with Crippen LogP contribution < -0.4 is 10.2 Å². The van der Waals surface area contributed by atoms with Gasteiger partial charge in [-0.05, 0) is 42.8 Å². The fourth-order valence-electron chi connectivity index (χ4n) is 3.35. The lowest BCUT2D eigenvalue weighted by Crippen LogP contribution is -2.39. The molecular weight excluding hydrogens is 418 g/mol. The van der Waals surface area contributed by atoms with E-state index in [4.69, 9.17) is 9.47 Å². The van der Waals surface area contributed by atoms with Gasteiger partial charge in [0.25, 0.3) is 0 Å². The number of ether oxygens (including phenoxy) is 2. The molecule has 0 atom stereocenters. The third-order valence-electron chi connectivity index (χ3n) is 4.98. The Kier molecular flexibility index (Phi) is 8.42. The van der Waals surface area contributed by atoms with Crippen molar-refractivity contribution in [3.05, 3.63) is 54.6 Å². The van der Waals surface area contributed by atoms with Crippen LogP contribution in [0.15, 0.2) is 59.5 Å². The Morgan fingerprint density at radius 1 is 1.10 bits per heavy atom. The maximum Gasteiger partial charge on any atom is 0.243 e. The normalized spacial score (nSPS) is 14.6. The lowest BCUT2D eigenvalue weighted by molar-refractivity contribution is -0.116. The van der Waals surface area contributed by atoms with Crippen molar-refractivity contribution in [2.75, 3.05) is 63.3 Å². The topological polar surface area (TPSA) is 88.2 Å². The van der Waals surface area contributed by atoms with E-state index in [0.29, 0.717) is 31.9 Å². The summed E-state index contributed by atoms with van der Waals surface area (Å²) in [7, 11) is -2.23. The fraction of sp³-hybridized carbons (Fsp3) is 0.409. The molecule has 168 valence electrons. The molecule has 0 radical (unpaired) electrons. The molecule has 1 fully saturated rings. The van der Waals surface area contributed by atoms with Crippen LogP contribution in [0.1, 0.15) is 6.42 Å². The van der Waals surface area contributed by atoms with Gasteiger partial charge in [-0.15, -0.1) is 0 Å². The molecule has 1 amide bonds. The van der Waals surface area contributed by atoms with Crippen LogP contribution >= 0.6 is 0 Å². The Morgan fingerprint density at radius 2 is 1.77 bits per heavy atom. The summed E-state index contributed by atoms with van der Waals surface area (Å²) < 4.78 is 37.6. The SMILES string of the molecule is COCCCN(CC(=O)Nc1ccc(N2CCOCC2)cc1)S(=O)(=O)c1ccccc1. The zero-order chi connectivity index (χ0) is 22.1. The standard InChI is InChI=1S/C22H29N3O5S/c1-29-15-5-12-25(31(27,28)21-6-3-2-4-7-21)18-22(26)23-19-8-10-20(11-9-19)24-13-16-30-17-14-24/h2-4,6-11H,5,12-18H2,1H3,(H,23,26). The van der Waals surface area contributed by atoms with Crippen LogP contribution in [0.25, 0.3) is 0 Å². The summed E-state index contributed by atoms with van der Waals surface area (Å²) >= 11 is 0. The minimum absolute atomic E-state index is 0.162. The van der Waals surface area contributed by atoms with Crippen molar-refractivity contribution in [1.29, 1.82) is 0 Å². The number of nitrogens with zero attached hydrogens (tertiary/aromatic N) is 2. The molecule has 9 heteroatoms. The Balaban J connectivity index is 1.65. The first-order chi connectivity index (χ1) is 15.0. The lowest BCUT2D eigenvalue weighted by atomic mass is 10.2. The summed E-state index contributed by atoms with van der Waals surface area (Å²) in [4.78, 5) is 15.0. The average Bonchev–Trinajstić information content (AvgIpc) is 2.80. The second-order valence-corrected chi connectivity index (χ2v) is 9.13. The van der Waals surface area contributed by atoms with Crippen LogP contribution in [0, 0.1) is 0 Å². The minimum atomic E-state index is -3.79. The van der Waals surface area contributed by atoms with Crippen molar-refractivity contribution in [3.63, 3.8) is 0 Å². The van der Waals surface area contributed by atoms with E-state index in [0.717, 1.165) is 18.8 Å². The van der Waals surface area contributed by atoms with Crippen molar-refractivity contribution in [3.8, 4) is 0 Å². The first-order valence-corrected chi connectivity index (χ1v) is 11.7. The molecule has 1 aliphatic heterocycles. The van der Waals surface area contributed by atoms with E-state index in [2.05, 4.69) is 10.2 Å². The van der Waals surface area contributed by atoms with Crippen LogP contribution in [0.4, 0.5) is 11.4 Å². The molecule has 31 heavy (non-hydrogen) atoms. The third kappa shape index (κ3) is 6.51. The summed E-state index contributed by atoms with van der Waals surface area (Å²) in [5.74, 6) is -0.393. The minimum Gasteiger partial charge on any atom is -0.385 e. The number of morpholine rings is 1. The molecule has 0 unspecified atom stereocenters. The summed E-state index contributed by atoms with van der Waals surface area (Å²) in [5, 5.41) is 2.80. The first-order valence-electron chi connectivity index (χ1n) is 10.3. The number of hydrogen-bond donors (Lipinski definition) is 1. The third-order valence-corrected chi connectivity index (χ3v) is 6.84. The van der Waals surface area contributed by atoms with E-state index < -0.39 is 15.9 Å². The van der Waals surface area contributed by atoms with Gasteiger partial charge < -0.3 is 19.7 Å². The van der Waals surface area contributed by atoms with Gasteiger partial charge in [-0.25, -0.2) is 8.42 Å². The highest BCUT2D eigenvalue weighted by molar-refractivity contribution is 7.89. The molecule has 2 aromatic rings. The van der Waals surface area contributed by atoms with E-state index in [9.17, 15) is 13.2 Å². The molecule has 1 heterocycles. The molecule has 8 nitrogen and oxygen atoms in total. The number of amides is 1. The van der Waals surface area contributed by atoms with Gasteiger partial charge in [0.15, 0.2) is 0 Å². The van der Waals surface area contributed by atoms with Crippen molar-refractivity contribution in [2.45, 2.75) is 11.3 Å². The molecule has 0 aromatic heterocycles. The summed E-state index contributed by atoms with van der Waals surface area (Å²) in [6, 6.07) is 15.7. The van der Waals surface area contributed by atoms with Crippen molar-refractivity contribution in [1.82, 2.24) is 4.31 Å². The maximum absolute atomic E-state index is 13.0. The number of benzene rings is 2. The molecule has 1 N–H and O–H groups in total. The number of rotatable bonds is 10. The number of hydrogen-bond acceptors (Lipinski definition) is 6. The van der Waals surface area contributed by atoms with Gasteiger partial charge in [-0.2, -0.15) is 4.31 Å². The zero-order valence-electron chi connectivity index (χ0n) is 17.7. The maximum atomic E-state index is 13.0. The van der Waals surface area contributed by atoms with Crippen LogP contribution in [-0.4, -0.2) is 71.7 Å². The molecule has 2 aromatic carbocycles. The molecule has 1 saturated heterocycles. The quantitative estimate of drug-likeness (QED) is 0.562. The Bertz CT molecular complexity index is 929. The molecular formula is C22H29N3O5S. The van der Waals surface area contributed by atoms with E-state index in [1.165, 1.54) is 16.4 Å². The van der Waals surface area contributed by atoms with E-state index in [1.807, 2.05) is 24.3 Å². The summed E-state index contributed by atoms with van der Waals surface area (Å²) in [6.07, 6.45) is 0.490. The molecule has 3 rings (SSSR count).